The summed E-state index contributed by atoms with van der Waals surface area (Å²) in [6.07, 6.45) is 7.34. The van der Waals surface area contributed by atoms with E-state index in [1.165, 1.54) is 12.8 Å². The molecule has 0 bridgehead atoms. The Morgan fingerprint density at radius 2 is 2.11 bits per heavy atom. The van der Waals surface area contributed by atoms with E-state index in [2.05, 4.69) is 9.88 Å². The average Bonchev–Trinajstić information content (AvgIpc) is 3.45. The van der Waals surface area contributed by atoms with Crippen LogP contribution in [0.3, 0.4) is 0 Å². The SMILES string of the molecule is O=C(COC[C@H]1CCCO1)N1CC[C@@H](Oc2cccnc2N2CCCC2)C1. The van der Waals surface area contributed by atoms with Crippen molar-refractivity contribution in [3.63, 3.8) is 0 Å². The monoisotopic (exact) mass is 375 g/mol. The minimum Gasteiger partial charge on any atom is -0.485 e. The highest BCUT2D eigenvalue weighted by Crippen LogP contribution is 2.30. The molecule has 3 aliphatic rings. The third kappa shape index (κ3) is 4.71. The molecule has 1 aromatic heterocycles. The quantitative estimate of drug-likeness (QED) is 0.725. The fourth-order valence-electron chi connectivity index (χ4n) is 4.02. The summed E-state index contributed by atoms with van der Waals surface area (Å²) in [5.74, 6) is 1.79. The van der Waals surface area contributed by atoms with Crippen molar-refractivity contribution in [3.05, 3.63) is 18.3 Å². The van der Waals surface area contributed by atoms with Crippen LogP contribution in [-0.4, -0.2) is 74.0 Å². The molecule has 0 unspecified atom stereocenters. The number of rotatable bonds is 7. The Morgan fingerprint density at radius 1 is 1.22 bits per heavy atom. The number of hydrogen-bond acceptors (Lipinski definition) is 6. The first-order valence-corrected chi connectivity index (χ1v) is 10.1. The lowest BCUT2D eigenvalue weighted by Crippen LogP contribution is -2.34. The van der Waals surface area contributed by atoms with Crippen LogP contribution in [0.5, 0.6) is 5.75 Å². The Morgan fingerprint density at radius 3 is 2.93 bits per heavy atom. The first-order valence-electron chi connectivity index (χ1n) is 10.1. The van der Waals surface area contributed by atoms with Crippen molar-refractivity contribution in [3.8, 4) is 5.75 Å². The number of anilines is 1. The zero-order valence-electron chi connectivity index (χ0n) is 15.8. The predicted octanol–water partition coefficient (Wildman–Crippen LogP) is 1.86. The normalized spacial score (nSPS) is 25.3. The summed E-state index contributed by atoms with van der Waals surface area (Å²) >= 11 is 0. The molecule has 0 aliphatic carbocycles. The zero-order valence-corrected chi connectivity index (χ0v) is 15.8. The Balaban J connectivity index is 1.25. The van der Waals surface area contributed by atoms with Gasteiger partial charge in [0.25, 0.3) is 0 Å². The van der Waals surface area contributed by atoms with Crippen molar-refractivity contribution in [1.82, 2.24) is 9.88 Å². The van der Waals surface area contributed by atoms with E-state index in [-0.39, 0.29) is 24.7 Å². The van der Waals surface area contributed by atoms with E-state index in [1.54, 1.807) is 0 Å². The van der Waals surface area contributed by atoms with Gasteiger partial charge in [0.05, 0.1) is 19.3 Å². The number of pyridine rings is 1. The lowest BCUT2D eigenvalue weighted by atomic mass is 10.2. The van der Waals surface area contributed by atoms with Gasteiger partial charge in [-0.3, -0.25) is 4.79 Å². The summed E-state index contributed by atoms with van der Waals surface area (Å²) in [6, 6.07) is 3.89. The lowest BCUT2D eigenvalue weighted by Gasteiger charge is -2.22. The van der Waals surface area contributed by atoms with Gasteiger partial charge in [-0.2, -0.15) is 0 Å². The van der Waals surface area contributed by atoms with Crippen molar-refractivity contribution in [1.29, 1.82) is 0 Å². The van der Waals surface area contributed by atoms with E-state index < -0.39 is 0 Å². The first-order chi connectivity index (χ1) is 13.3. The maximum atomic E-state index is 12.4. The Kier molecular flexibility index (Phi) is 6.09. The molecule has 3 saturated heterocycles. The summed E-state index contributed by atoms with van der Waals surface area (Å²) in [7, 11) is 0. The Bertz CT molecular complexity index is 629. The maximum Gasteiger partial charge on any atom is 0.248 e. The summed E-state index contributed by atoms with van der Waals surface area (Å²) in [5.41, 5.74) is 0. The van der Waals surface area contributed by atoms with E-state index in [1.807, 2.05) is 23.2 Å². The fourth-order valence-corrected chi connectivity index (χ4v) is 4.02. The minimum absolute atomic E-state index is 0.0117. The van der Waals surface area contributed by atoms with Gasteiger partial charge >= 0.3 is 0 Å². The van der Waals surface area contributed by atoms with Gasteiger partial charge in [0.1, 0.15) is 12.7 Å². The van der Waals surface area contributed by atoms with Crippen LogP contribution in [0.1, 0.15) is 32.1 Å². The second kappa shape index (κ2) is 8.89. The number of hydrogen-bond donors (Lipinski definition) is 0. The summed E-state index contributed by atoms with van der Waals surface area (Å²) in [5, 5.41) is 0. The van der Waals surface area contributed by atoms with Gasteiger partial charge in [-0.15, -0.1) is 0 Å². The molecule has 0 radical (unpaired) electrons. The van der Waals surface area contributed by atoms with E-state index in [0.29, 0.717) is 19.7 Å². The van der Waals surface area contributed by atoms with Crippen molar-refractivity contribution in [2.45, 2.75) is 44.3 Å². The lowest BCUT2D eigenvalue weighted by molar-refractivity contribution is -0.136. The van der Waals surface area contributed by atoms with Crippen LogP contribution < -0.4 is 9.64 Å². The highest BCUT2D eigenvalue weighted by molar-refractivity contribution is 5.77. The van der Waals surface area contributed by atoms with Gasteiger partial charge < -0.3 is 24.0 Å². The van der Waals surface area contributed by atoms with E-state index >= 15 is 0 Å². The highest BCUT2D eigenvalue weighted by atomic mass is 16.5. The second-order valence-electron chi connectivity index (χ2n) is 7.54. The standard InChI is InChI=1S/C20H29N3O4/c24-19(15-25-14-17-5-4-12-26-17)23-11-7-16(13-23)27-18-6-3-8-21-20(18)22-9-1-2-10-22/h3,6,8,16-17H,1-2,4-5,7,9-15H2/t16-,17-/m1/s1. The van der Waals surface area contributed by atoms with E-state index in [4.69, 9.17) is 14.2 Å². The number of carbonyl (C=O) groups is 1. The molecule has 7 nitrogen and oxygen atoms in total. The molecule has 4 heterocycles. The maximum absolute atomic E-state index is 12.4. The molecule has 0 aromatic carbocycles. The van der Waals surface area contributed by atoms with Crippen molar-refractivity contribution in [2.75, 3.05) is 50.9 Å². The van der Waals surface area contributed by atoms with Crippen molar-refractivity contribution >= 4 is 11.7 Å². The average molecular weight is 375 g/mol. The van der Waals surface area contributed by atoms with Gasteiger partial charge in [0, 0.05) is 38.9 Å². The third-order valence-corrected chi connectivity index (χ3v) is 5.50. The number of nitrogens with zero attached hydrogens (tertiary/aromatic N) is 3. The molecule has 3 aliphatic heterocycles. The van der Waals surface area contributed by atoms with Crippen molar-refractivity contribution in [2.24, 2.45) is 0 Å². The molecule has 0 N–H and O–H groups in total. The fraction of sp³-hybridized carbons (Fsp3) is 0.700. The van der Waals surface area contributed by atoms with Gasteiger partial charge in [0.15, 0.2) is 11.6 Å². The van der Waals surface area contributed by atoms with Crippen molar-refractivity contribution < 1.29 is 19.0 Å². The summed E-state index contributed by atoms with van der Waals surface area (Å²) < 4.78 is 17.3. The predicted molar refractivity (Wildman–Crippen MR) is 101 cm³/mol. The highest BCUT2D eigenvalue weighted by Gasteiger charge is 2.29. The first kappa shape index (κ1) is 18.5. The molecule has 2 atom stereocenters. The van der Waals surface area contributed by atoms with Gasteiger partial charge in [-0.25, -0.2) is 4.98 Å². The van der Waals surface area contributed by atoms with Gasteiger partial charge in [-0.1, -0.05) is 0 Å². The topological polar surface area (TPSA) is 64.1 Å². The Labute approximate surface area is 160 Å². The third-order valence-electron chi connectivity index (χ3n) is 5.50. The molecule has 0 saturated carbocycles. The molecule has 148 valence electrons. The number of carbonyl (C=O) groups excluding carboxylic acids is 1. The van der Waals surface area contributed by atoms with Crippen LogP contribution in [-0.2, 0) is 14.3 Å². The van der Waals surface area contributed by atoms with Gasteiger partial charge in [-0.05, 0) is 37.8 Å². The van der Waals surface area contributed by atoms with Crippen LogP contribution in [0, 0.1) is 0 Å². The molecular formula is C20H29N3O4. The molecule has 3 fully saturated rings. The van der Waals surface area contributed by atoms with Crippen LogP contribution in [0.2, 0.25) is 0 Å². The molecule has 7 heteroatoms. The molecule has 0 spiro atoms. The number of amides is 1. The van der Waals surface area contributed by atoms with Crippen LogP contribution in [0.25, 0.3) is 0 Å². The molecular weight excluding hydrogens is 346 g/mol. The zero-order chi connectivity index (χ0) is 18.5. The second-order valence-corrected chi connectivity index (χ2v) is 7.54. The molecule has 27 heavy (non-hydrogen) atoms. The smallest absolute Gasteiger partial charge is 0.248 e. The number of ether oxygens (including phenoxy) is 3. The number of aromatic nitrogens is 1. The van der Waals surface area contributed by atoms with E-state index in [9.17, 15) is 4.79 Å². The largest absolute Gasteiger partial charge is 0.485 e. The van der Waals surface area contributed by atoms with Gasteiger partial charge in [0.2, 0.25) is 5.91 Å². The Hall–Kier alpha value is -1.86. The summed E-state index contributed by atoms with van der Waals surface area (Å²) in [6.45, 7) is 4.83. The molecule has 4 rings (SSSR count). The van der Waals surface area contributed by atoms with E-state index in [0.717, 1.165) is 50.5 Å². The summed E-state index contributed by atoms with van der Waals surface area (Å²) in [4.78, 5) is 21.0. The minimum atomic E-state index is 0.0117. The van der Waals surface area contributed by atoms with Crippen LogP contribution in [0.15, 0.2) is 18.3 Å². The molecule has 1 amide bonds. The van der Waals surface area contributed by atoms with Crippen LogP contribution >= 0.6 is 0 Å². The van der Waals surface area contributed by atoms with Crippen LogP contribution in [0.4, 0.5) is 5.82 Å². The number of likely N-dealkylation sites (tertiary alicyclic amines) is 1. The molecule has 1 aromatic rings.